The molecule has 0 aliphatic carbocycles. The van der Waals surface area contributed by atoms with Gasteiger partial charge in [-0.05, 0) is 54.6 Å². The fourth-order valence-corrected chi connectivity index (χ4v) is 3.56. The SMILES string of the molecule is COc1ccc(-c2nc3ccccn3c2-c2nnc(-c3ccc(OC)c(OC)c3)o2)cc1. The number of ether oxygens (including phenoxy) is 3. The van der Waals surface area contributed by atoms with Crippen molar-refractivity contribution in [3.63, 3.8) is 0 Å². The van der Waals surface area contributed by atoms with Gasteiger partial charge in [0.25, 0.3) is 5.89 Å². The topological polar surface area (TPSA) is 83.9 Å². The fraction of sp³-hybridized carbons (Fsp3) is 0.125. The smallest absolute Gasteiger partial charge is 0.267 e. The molecule has 0 saturated carbocycles. The quantitative estimate of drug-likeness (QED) is 0.386. The van der Waals surface area contributed by atoms with E-state index in [1.807, 2.05) is 59.1 Å². The third kappa shape index (κ3) is 3.31. The van der Waals surface area contributed by atoms with E-state index in [2.05, 4.69) is 10.2 Å². The summed E-state index contributed by atoms with van der Waals surface area (Å²) in [5.74, 6) is 2.71. The Morgan fingerprint density at radius 2 is 1.50 bits per heavy atom. The van der Waals surface area contributed by atoms with Crippen LogP contribution in [0.3, 0.4) is 0 Å². The molecule has 32 heavy (non-hydrogen) atoms. The first-order valence-electron chi connectivity index (χ1n) is 9.89. The van der Waals surface area contributed by atoms with E-state index in [4.69, 9.17) is 23.6 Å². The summed E-state index contributed by atoms with van der Waals surface area (Å²) in [5.41, 5.74) is 3.86. The number of benzene rings is 2. The van der Waals surface area contributed by atoms with Gasteiger partial charge in [-0.15, -0.1) is 10.2 Å². The Bertz CT molecular complexity index is 1390. The largest absolute Gasteiger partial charge is 0.497 e. The van der Waals surface area contributed by atoms with Gasteiger partial charge in [-0.2, -0.15) is 0 Å². The maximum absolute atomic E-state index is 6.10. The molecular weight excluding hydrogens is 408 g/mol. The zero-order valence-corrected chi connectivity index (χ0v) is 17.8. The summed E-state index contributed by atoms with van der Waals surface area (Å²) in [5, 5.41) is 8.60. The highest BCUT2D eigenvalue weighted by Gasteiger charge is 2.22. The number of imidazole rings is 1. The molecule has 8 heteroatoms. The highest BCUT2D eigenvalue weighted by molar-refractivity contribution is 5.79. The normalized spacial score (nSPS) is 11.0. The van der Waals surface area contributed by atoms with Crippen molar-refractivity contribution in [1.82, 2.24) is 19.6 Å². The highest BCUT2D eigenvalue weighted by Crippen LogP contribution is 2.36. The van der Waals surface area contributed by atoms with Crippen LogP contribution >= 0.6 is 0 Å². The van der Waals surface area contributed by atoms with Crippen molar-refractivity contribution in [1.29, 1.82) is 0 Å². The lowest BCUT2D eigenvalue weighted by Gasteiger charge is -2.07. The molecule has 0 spiro atoms. The molecule has 0 atom stereocenters. The van der Waals surface area contributed by atoms with Crippen molar-refractivity contribution in [3.8, 4) is 51.5 Å². The Morgan fingerprint density at radius 1 is 0.750 bits per heavy atom. The van der Waals surface area contributed by atoms with Crippen molar-refractivity contribution in [2.45, 2.75) is 0 Å². The van der Waals surface area contributed by atoms with Gasteiger partial charge in [0, 0.05) is 17.3 Å². The number of rotatable bonds is 6. The summed E-state index contributed by atoms with van der Waals surface area (Å²) in [6.45, 7) is 0. The van der Waals surface area contributed by atoms with Crippen LogP contribution in [0.1, 0.15) is 0 Å². The first-order chi connectivity index (χ1) is 15.7. The van der Waals surface area contributed by atoms with Gasteiger partial charge in [-0.25, -0.2) is 4.98 Å². The molecule has 8 nitrogen and oxygen atoms in total. The number of aromatic nitrogens is 4. The van der Waals surface area contributed by atoms with Crippen LogP contribution in [-0.4, -0.2) is 40.9 Å². The number of methoxy groups -OCH3 is 3. The number of hydrogen-bond acceptors (Lipinski definition) is 7. The maximum Gasteiger partial charge on any atom is 0.267 e. The minimum absolute atomic E-state index is 0.360. The third-order valence-corrected chi connectivity index (χ3v) is 5.15. The van der Waals surface area contributed by atoms with E-state index in [1.54, 1.807) is 33.5 Å². The van der Waals surface area contributed by atoms with Crippen LogP contribution in [0.5, 0.6) is 17.2 Å². The molecule has 0 N–H and O–H groups in total. The molecule has 0 radical (unpaired) electrons. The van der Waals surface area contributed by atoms with E-state index in [-0.39, 0.29) is 0 Å². The zero-order valence-electron chi connectivity index (χ0n) is 17.8. The van der Waals surface area contributed by atoms with Crippen LogP contribution in [0.4, 0.5) is 0 Å². The van der Waals surface area contributed by atoms with Gasteiger partial charge in [-0.3, -0.25) is 4.40 Å². The summed E-state index contributed by atoms with van der Waals surface area (Å²) in [6, 6.07) is 18.9. The van der Waals surface area contributed by atoms with E-state index in [0.717, 1.165) is 28.2 Å². The molecule has 5 aromatic rings. The maximum atomic E-state index is 6.10. The van der Waals surface area contributed by atoms with E-state index in [9.17, 15) is 0 Å². The second-order valence-corrected chi connectivity index (χ2v) is 6.95. The Kier molecular flexibility index (Phi) is 4.95. The number of pyridine rings is 1. The molecule has 0 bridgehead atoms. The van der Waals surface area contributed by atoms with E-state index in [0.29, 0.717) is 29.0 Å². The van der Waals surface area contributed by atoms with Gasteiger partial charge < -0.3 is 18.6 Å². The van der Waals surface area contributed by atoms with E-state index in [1.165, 1.54) is 0 Å². The molecule has 2 aromatic carbocycles. The molecule has 5 rings (SSSR count). The third-order valence-electron chi connectivity index (χ3n) is 5.15. The molecule has 3 heterocycles. The summed E-state index contributed by atoms with van der Waals surface area (Å²) < 4.78 is 24.0. The summed E-state index contributed by atoms with van der Waals surface area (Å²) >= 11 is 0. The van der Waals surface area contributed by atoms with Crippen LogP contribution in [-0.2, 0) is 0 Å². The number of fused-ring (bicyclic) bond motifs is 1. The molecule has 0 amide bonds. The summed E-state index contributed by atoms with van der Waals surface area (Å²) in [6.07, 6.45) is 1.92. The molecule has 0 fully saturated rings. The van der Waals surface area contributed by atoms with Gasteiger partial charge in [0.15, 0.2) is 11.5 Å². The molecule has 0 saturated heterocycles. The Balaban J connectivity index is 1.63. The van der Waals surface area contributed by atoms with Crippen molar-refractivity contribution in [2.24, 2.45) is 0 Å². The second-order valence-electron chi connectivity index (χ2n) is 6.95. The zero-order chi connectivity index (χ0) is 22.1. The Hall–Kier alpha value is -4.33. The fourth-order valence-electron chi connectivity index (χ4n) is 3.56. The molecule has 0 unspecified atom stereocenters. The predicted molar refractivity (Wildman–Crippen MR) is 119 cm³/mol. The lowest BCUT2D eigenvalue weighted by Crippen LogP contribution is -1.90. The average Bonchev–Trinajstić information content (AvgIpc) is 3.48. The summed E-state index contributed by atoms with van der Waals surface area (Å²) in [7, 11) is 4.81. The predicted octanol–water partition coefficient (Wildman–Crippen LogP) is 4.74. The molecular formula is C24H20N4O4. The minimum Gasteiger partial charge on any atom is -0.497 e. The monoisotopic (exact) mass is 428 g/mol. The van der Waals surface area contributed by atoms with Crippen LogP contribution in [0, 0.1) is 0 Å². The molecule has 0 aliphatic rings. The summed E-state index contributed by atoms with van der Waals surface area (Å²) in [4.78, 5) is 4.80. The van der Waals surface area contributed by atoms with Crippen molar-refractivity contribution >= 4 is 5.65 Å². The van der Waals surface area contributed by atoms with Crippen LogP contribution in [0.2, 0.25) is 0 Å². The van der Waals surface area contributed by atoms with Gasteiger partial charge >= 0.3 is 0 Å². The van der Waals surface area contributed by atoms with Crippen LogP contribution < -0.4 is 14.2 Å². The standard InChI is InChI=1S/C24H20N4O4/c1-29-17-10-7-15(8-11-17)21-22(28-13-5-4-6-20(28)25-21)24-27-26-23(32-24)16-9-12-18(30-2)19(14-16)31-3/h4-14H,1-3H3. The van der Waals surface area contributed by atoms with Crippen molar-refractivity contribution in [3.05, 3.63) is 66.9 Å². The van der Waals surface area contributed by atoms with Crippen molar-refractivity contribution < 1.29 is 18.6 Å². The molecule has 3 aromatic heterocycles. The van der Waals surface area contributed by atoms with Gasteiger partial charge in [0.2, 0.25) is 5.89 Å². The lowest BCUT2D eigenvalue weighted by molar-refractivity contribution is 0.355. The Labute approximate surface area is 184 Å². The van der Waals surface area contributed by atoms with E-state index < -0.39 is 0 Å². The minimum atomic E-state index is 0.360. The van der Waals surface area contributed by atoms with Gasteiger partial charge in [0.1, 0.15) is 22.8 Å². The number of nitrogens with zero attached hydrogens (tertiary/aromatic N) is 4. The lowest BCUT2D eigenvalue weighted by atomic mass is 10.1. The van der Waals surface area contributed by atoms with Crippen molar-refractivity contribution in [2.75, 3.05) is 21.3 Å². The van der Waals surface area contributed by atoms with Gasteiger partial charge in [-0.1, -0.05) is 6.07 Å². The highest BCUT2D eigenvalue weighted by atomic mass is 16.5. The molecule has 160 valence electrons. The van der Waals surface area contributed by atoms with E-state index >= 15 is 0 Å². The Morgan fingerprint density at radius 3 is 2.25 bits per heavy atom. The number of hydrogen-bond donors (Lipinski definition) is 0. The first kappa shape index (κ1) is 19.6. The first-order valence-corrected chi connectivity index (χ1v) is 9.89. The van der Waals surface area contributed by atoms with Crippen LogP contribution in [0.15, 0.2) is 71.3 Å². The second kappa shape index (κ2) is 8.07. The average molecular weight is 428 g/mol. The van der Waals surface area contributed by atoms with Gasteiger partial charge in [0.05, 0.1) is 21.3 Å². The molecule has 0 aliphatic heterocycles. The van der Waals surface area contributed by atoms with Crippen LogP contribution in [0.25, 0.3) is 39.9 Å².